The van der Waals surface area contributed by atoms with Crippen LogP contribution in [0.5, 0.6) is 0 Å². The maximum Gasteiger partial charge on any atom is 0.329 e. The van der Waals surface area contributed by atoms with Gasteiger partial charge in [-0.2, -0.15) is 0 Å². The molecule has 0 heterocycles. The third kappa shape index (κ3) is 3.19. The summed E-state index contributed by atoms with van der Waals surface area (Å²) in [5, 5.41) is 11.9. The Balaban J connectivity index is 2.66. The Kier molecular flexibility index (Phi) is 4.51. The van der Waals surface area contributed by atoms with Gasteiger partial charge in [-0.3, -0.25) is 4.79 Å². The first kappa shape index (κ1) is 14.0. The zero-order valence-corrected chi connectivity index (χ0v) is 10.5. The predicted octanol–water partition coefficient (Wildman–Crippen LogP) is 0.731. The molecule has 1 aliphatic rings. The average Bonchev–Trinajstić information content (AvgIpc) is 3.08. The molecule has 0 aromatic heterocycles. The Hall–Kier alpha value is -1.10. The first-order valence-electron chi connectivity index (χ1n) is 6.21. The van der Waals surface area contributed by atoms with Gasteiger partial charge in [-0.05, 0) is 32.1 Å². The predicted molar refractivity (Wildman–Crippen MR) is 64.4 cm³/mol. The fourth-order valence-corrected chi connectivity index (χ4v) is 2.05. The van der Waals surface area contributed by atoms with E-state index in [4.69, 9.17) is 5.73 Å². The fourth-order valence-electron chi connectivity index (χ4n) is 2.05. The lowest BCUT2D eigenvalue weighted by atomic mass is 9.93. The molecule has 5 heteroatoms. The van der Waals surface area contributed by atoms with Crippen LogP contribution in [0.15, 0.2) is 0 Å². The summed E-state index contributed by atoms with van der Waals surface area (Å²) in [4.78, 5) is 23.2. The van der Waals surface area contributed by atoms with Gasteiger partial charge >= 0.3 is 5.97 Å². The number of amides is 1. The van der Waals surface area contributed by atoms with E-state index in [9.17, 15) is 14.7 Å². The molecule has 0 aromatic rings. The van der Waals surface area contributed by atoms with Crippen LogP contribution in [0, 0.1) is 11.8 Å². The Morgan fingerprint density at radius 1 is 1.53 bits per heavy atom. The number of carboxylic acids is 1. The Morgan fingerprint density at radius 3 is 2.47 bits per heavy atom. The van der Waals surface area contributed by atoms with Crippen LogP contribution in [0.25, 0.3) is 0 Å². The lowest BCUT2D eigenvalue weighted by molar-refractivity contribution is -0.148. The molecule has 1 amide bonds. The average molecular weight is 242 g/mol. The SMILES string of the molecule is CCCC(CN)C(=O)NC(C)(C(=O)O)C1CC1. The molecular formula is C12H22N2O3. The van der Waals surface area contributed by atoms with Crippen molar-refractivity contribution in [1.29, 1.82) is 0 Å². The molecule has 0 radical (unpaired) electrons. The summed E-state index contributed by atoms with van der Waals surface area (Å²) in [7, 11) is 0. The van der Waals surface area contributed by atoms with E-state index in [-0.39, 0.29) is 24.3 Å². The standard InChI is InChI=1S/C12H22N2O3/c1-3-4-8(7-13)10(15)14-12(2,11(16)17)9-5-6-9/h8-9H,3-7,13H2,1-2H3,(H,14,15)(H,16,17). The van der Waals surface area contributed by atoms with E-state index in [1.807, 2.05) is 6.92 Å². The summed E-state index contributed by atoms with van der Waals surface area (Å²) >= 11 is 0. The number of carbonyl (C=O) groups is 2. The van der Waals surface area contributed by atoms with Crippen molar-refractivity contribution in [1.82, 2.24) is 5.32 Å². The molecule has 0 aliphatic heterocycles. The number of aliphatic carboxylic acids is 1. The largest absolute Gasteiger partial charge is 0.480 e. The summed E-state index contributed by atoms with van der Waals surface area (Å²) in [6.07, 6.45) is 3.29. The molecule has 2 atom stereocenters. The third-order valence-electron chi connectivity index (χ3n) is 3.51. The highest BCUT2D eigenvalue weighted by molar-refractivity contribution is 5.88. The Labute approximate surface area is 102 Å². The normalized spacial score (nSPS) is 20.4. The summed E-state index contributed by atoms with van der Waals surface area (Å²) in [6, 6.07) is 0. The number of nitrogens with two attached hydrogens (primary N) is 1. The molecule has 0 bridgehead atoms. The Morgan fingerprint density at radius 2 is 2.12 bits per heavy atom. The summed E-state index contributed by atoms with van der Waals surface area (Å²) in [6.45, 7) is 3.83. The van der Waals surface area contributed by atoms with Crippen LogP contribution in [-0.4, -0.2) is 29.1 Å². The number of rotatable bonds is 7. The van der Waals surface area contributed by atoms with Gasteiger partial charge in [-0.15, -0.1) is 0 Å². The number of nitrogens with one attached hydrogen (secondary N) is 1. The molecule has 1 fully saturated rings. The second kappa shape index (κ2) is 5.49. The van der Waals surface area contributed by atoms with E-state index in [0.29, 0.717) is 6.42 Å². The second-order valence-corrected chi connectivity index (χ2v) is 4.99. The van der Waals surface area contributed by atoms with Gasteiger partial charge in [0.05, 0.1) is 5.92 Å². The van der Waals surface area contributed by atoms with Crippen molar-refractivity contribution in [2.75, 3.05) is 6.54 Å². The topological polar surface area (TPSA) is 92.4 Å². The molecule has 0 spiro atoms. The van der Waals surface area contributed by atoms with Crippen molar-refractivity contribution in [2.24, 2.45) is 17.6 Å². The molecular weight excluding hydrogens is 220 g/mol. The van der Waals surface area contributed by atoms with Crippen molar-refractivity contribution in [3.05, 3.63) is 0 Å². The van der Waals surface area contributed by atoms with Crippen LogP contribution < -0.4 is 11.1 Å². The van der Waals surface area contributed by atoms with E-state index >= 15 is 0 Å². The summed E-state index contributed by atoms with van der Waals surface area (Å²) in [5.74, 6) is -1.41. The number of carboxylic acid groups (broad SMARTS) is 1. The van der Waals surface area contributed by atoms with E-state index in [1.165, 1.54) is 0 Å². The van der Waals surface area contributed by atoms with Crippen LogP contribution in [0.1, 0.15) is 39.5 Å². The van der Waals surface area contributed by atoms with E-state index in [2.05, 4.69) is 5.32 Å². The van der Waals surface area contributed by atoms with Crippen LogP contribution in [0.3, 0.4) is 0 Å². The number of hydrogen-bond donors (Lipinski definition) is 3. The zero-order valence-electron chi connectivity index (χ0n) is 10.5. The highest BCUT2D eigenvalue weighted by Crippen LogP contribution is 2.39. The fraction of sp³-hybridized carbons (Fsp3) is 0.833. The first-order chi connectivity index (χ1) is 7.95. The molecule has 4 N–H and O–H groups in total. The van der Waals surface area contributed by atoms with Crippen molar-refractivity contribution < 1.29 is 14.7 Å². The molecule has 1 rings (SSSR count). The summed E-state index contributed by atoms with van der Waals surface area (Å²) in [5.41, 5.74) is 4.41. The van der Waals surface area contributed by atoms with Crippen LogP contribution >= 0.6 is 0 Å². The minimum absolute atomic E-state index is 0.0593. The second-order valence-electron chi connectivity index (χ2n) is 4.99. The smallest absolute Gasteiger partial charge is 0.329 e. The molecule has 0 aromatic carbocycles. The monoisotopic (exact) mass is 242 g/mol. The van der Waals surface area contributed by atoms with Gasteiger partial charge in [-0.25, -0.2) is 4.79 Å². The van der Waals surface area contributed by atoms with Crippen LogP contribution in [-0.2, 0) is 9.59 Å². The van der Waals surface area contributed by atoms with Crippen molar-refractivity contribution >= 4 is 11.9 Å². The lowest BCUT2D eigenvalue weighted by Gasteiger charge is -2.28. The van der Waals surface area contributed by atoms with Crippen molar-refractivity contribution in [2.45, 2.75) is 45.1 Å². The molecule has 98 valence electrons. The quantitative estimate of drug-likeness (QED) is 0.613. The maximum atomic E-state index is 12.0. The highest BCUT2D eigenvalue weighted by Gasteiger charge is 2.48. The van der Waals surface area contributed by atoms with E-state index in [1.54, 1.807) is 6.92 Å². The van der Waals surface area contributed by atoms with E-state index in [0.717, 1.165) is 19.3 Å². The minimum Gasteiger partial charge on any atom is -0.480 e. The molecule has 17 heavy (non-hydrogen) atoms. The lowest BCUT2D eigenvalue weighted by Crippen LogP contribution is -2.56. The zero-order chi connectivity index (χ0) is 13.1. The molecule has 5 nitrogen and oxygen atoms in total. The molecule has 1 saturated carbocycles. The van der Waals surface area contributed by atoms with Gasteiger partial charge in [0.1, 0.15) is 5.54 Å². The highest BCUT2D eigenvalue weighted by atomic mass is 16.4. The van der Waals surface area contributed by atoms with Gasteiger partial charge in [0.25, 0.3) is 0 Å². The minimum atomic E-state index is -1.13. The van der Waals surface area contributed by atoms with Crippen molar-refractivity contribution in [3.63, 3.8) is 0 Å². The maximum absolute atomic E-state index is 12.0. The third-order valence-corrected chi connectivity index (χ3v) is 3.51. The van der Waals surface area contributed by atoms with Gasteiger partial charge in [0, 0.05) is 6.54 Å². The molecule has 2 unspecified atom stereocenters. The number of hydrogen-bond acceptors (Lipinski definition) is 3. The van der Waals surface area contributed by atoms with Gasteiger partial charge in [-0.1, -0.05) is 13.3 Å². The van der Waals surface area contributed by atoms with Gasteiger partial charge < -0.3 is 16.2 Å². The van der Waals surface area contributed by atoms with Crippen molar-refractivity contribution in [3.8, 4) is 0 Å². The van der Waals surface area contributed by atoms with Gasteiger partial charge in [0.15, 0.2) is 0 Å². The van der Waals surface area contributed by atoms with E-state index < -0.39 is 11.5 Å². The van der Waals surface area contributed by atoms with Crippen LogP contribution in [0.4, 0.5) is 0 Å². The number of carbonyl (C=O) groups excluding carboxylic acids is 1. The summed E-state index contributed by atoms with van der Waals surface area (Å²) < 4.78 is 0. The Bertz CT molecular complexity index is 302. The van der Waals surface area contributed by atoms with Crippen LogP contribution in [0.2, 0.25) is 0 Å². The molecule has 1 aliphatic carbocycles. The molecule has 0 saturated heterocycles. The van der Waals surface area contributed by atoms with Gasteiger partial charge in [0.2, 0.25) is 5.91 Å². The first-order valence-corrected chi connectivity index (χ1v) is 6.21.